The molecule has 57 heavy (non-hydrogen) atoms. The van der Waals surface area contributed by atoms with E-state index in [1.54, 1.807) is 10.9 Å². The number of halogens is 2. The molecule has 13 nitrogen and oxygen atoms in total. The zero-order chi connectivity index (χ0) is 39.4. The molecule has 2 aromatic heterocycles. The van der Waals surface area contributed by atoms with Crippen LogP contribution in [0, 0.1) is 11.6 Å². The fraction of sp³-hybridized carbons (Fsp3) is 0.333. The molecule has 1 N–H and O–H groups in total. The number of ether oxygens (including phenoxy) is 3. The van der Waals surface area contributed by atoms with Crippen LogP contribution in [0.3, 0.4) is 0 Å². The number of hydrogen-bond donors (Lipinski definition) is 1. The van der Waals surface area contributed by atoms with Crippen molar-refractivity contribution in [3.8, 4) is 11.4 Å². The molecule has 0 bridgehead atoms. The summed E-state index contributed by atoms with van der Waals surface area (Å²) in [6, 6.07) is 29.6. The Bertz CT molecular complexity index is 2280. The summed E-state index contributed by atoms with van der Waals surface area (Å²) in [5, 5.41) is 12.0. The van der Waals surface area contributed by atoms with Crippen molar-refractivity contribution in [2.75, 3.05) is 55.7 Å². The van der Waals surface area contributed by atoms with E-state index in [-0.39, 0.29) is 43.1 Å². The second-order valence-corrected chi connectivity index (χ2v) is 14.4. The lowest BCUT2D eigenvalue weighted by Gasteiger charge is -2.37. The van der Waals surface area contributed by atoms with Crippen LogP contribution in [-0.4, -0.2) is 81.2 Å². The maximum atomic E-state index is 14.9. The van der Waals surface area contributed by atoms with Gasteiger partial charge in [0, 0.05) is 61.8 Å². The van der Waals surface area contributed by atoms with E-state index in [9.17, 15) is 13.6 Å². The maximum absolute atomic E-state index is 14.9. The van der Waals surface area contributed by atoms with Crippen molar-refractivity contribution in [1.29, 1.82) is 0 Å². The van der Waals surface area contributed by atoms with E-state index in [1.807, 2.05) is 61.5 Å². The summed E-state index contributed by atoms with van der Waals surface area (Å²) in [6.07, 6.45) is 3.93. The van der Waals surface area contributed by atoms with E-state index in [4.69, 9.17) is 14.2 Å². The van der Waals surface area contributed by atoms with E-state index in [1.165, 1.54) is 39.7 Å². The molecule has 4 atom stereocenters. The molecule has 0 unspecified atom stereocenters. The summed E-state index contributed by atoms with van der Waals surface area (Å²) in [6.45, 7) is 8.41. The fourth-order valence-corrected chi connectivity index (χ4v) is 7.36. The number of piperazine rings is 1. The zero-order valence-electron chi connectivity index (χ0n) is 31.8. The zero-order valence-corrected chi connectivity index (χ0v) is 31.8. The van der Waals surface area contributed by atoms with Gasteiger partial charge in [-0.1, -0.05) is 30.3 Å². The molecule has 0 saturated carbocycles. The van der Waals surface area contributed by atoms with Crippen molar-refractivity contribution in [3.63, 3.8) is 0 Å². The molecule has 0 aliphatic carbocycles. The van der Waals surface area contributed by atoms with Gasteiger partial charge in [-0.2, -0.15) is 10.2 Å². The standard InChI is InChI=1S/C42H45F2N9O4/c1-30(23-46-31(2)32-6-4-3-5-7-32)53-41(54)52(29-48-53)36-11-9-34(10-12-36)49-18-20-50(21-19-49)35-13-15-37(16-14-35)55-24-38-25-56-42(57-38,26-51-28-45-27-47-51)39-17-8-33(43)22-40(39)44/h3-17,22,27-31,38,46H,18-21,23-26H2,1-2H3/t30-,31+,38+,42+/m0/s1. The smallest absolute Gasteiger partial charge is 0.350 e. The average Bonchev–Trinajstić information content (AvgIpc) is 4.01. The minimum Gasteiger partial charge on any atom is -0.491 e. The van der Waals surface area contributed by atoms with Crippen LogP contribution in [-0.2, 0) is 21.8 Å². The molecule has 15 heteroatoms. The first-order valence-corrected chi connectivity index (χ1v) is 19.1. The molecular weight excluding hydrogens is 733 g/mol. The minimum absolute atomic E-state index is 0.0285. The molecule has 0 radical (unpaired) electrons. The maximum Gasteiger partial charge on any atom is 0.350 e. The number of benzene rings is 4. The first-order valence-electron chi connectivity index (χ1n) is 19.1. The first-order chi connectivity index (χ1) is 27.7. The van der Waals surface area contributed by atoms with Gasteiger partial charge in [0.25, 0.3) is 0 Å². The third-order valence-corrected chi connectivity index (χ3v) is 10.6. The summed E-state index contributed by atoms with van der Waals surface area (Å²) in [5.74, 6) is -2.32. The highest BCUT2D eigenvalue weighted by Crippen LogP contribution is 2.38. The van der Waals surface area contributed by atoms with Gasteiger partial charge in [0.05, 0.1) is 18.3 Å². The number of nitrogens with one attached hydrogen (secondary N) is 1. The Morgan fingerprint density at radius 3 is 2.21 bits per heavy atom. The minimum atomic E-state index is -1.52. The van der Waals surface area contributed by atoms with Gasteiger partial charge in [0.15, 0.2) is 0 Å². The number of anilines is 2. The lowest BCUT2D eigenvalue weighted by atomic mass is 10.0. The molecule has 0 spiro atoms. The van der Waals surface area contributed by atoms with Crippen LogP contribution in [0.15, 0.2) is 121 Å². The van der Waals surface area contributed by atoms with Gasteiger partial charge in [-0.3, -0.25) is 0 Å². The summed E-state index contributed by atoms with van der Waals surface area (Å²) in [7, 11) is 0. The summed E-state index contributed by atoms with van der Waals surface area (Å²) >= 11 is 0. The van der Waals surface area contributed by atoms with Crippen molar-refractivity contribution in [2.45, 2.75) is 44.4 Å². The third kappa shape index (κ3) is 8.45. The first kappa shape index (κ1) is 38.0. The molecule has 296 valence electrons. The van der Waals surface area contributed by atoms with Gasteiger partial charge in [-0.05, 0) is 80.1 Å². The lowest BCUT2D eigenvalue weighted by molar-refractivity contribution is -0.192. The largest absolute Gasteiger partial charge is 0.491 e. The average molecular weight is 778 g/mol. The third-order valence-electron chi connectivity index (χ3n) is 10.6. The van der Waals surface area contributed by atoms with Crippen LogP contribution in [0.4, 0.5) is 20.2 Å². The summed E-state index contributed by atoms with van der Waals surface area (Å²) in [5.41, 5.74) is 4.06. The summed E-state index contributed by atoms with van der Waals surface area (Å²) in [4.78, 5) is 22.0. The van der Waals surface area contributed by atoms with Crippen molar-refractivity contribution >= 4 is 11.4 Å². The molecule has 2 aliphatic rings. The van der Waals surface area contributed by atoms with E-state index < -0.39 is 23.5 Å². The van der Waals surface area contributed by atoms with Crippen LogP contribution >= 0.6 is 0 Å². The van der Waals surface area contributed by atoms with Crippen molar-refractivity contribution in [3.05, 3.63) is 149 Å². The number of nitrogens with zero attached hydrogens (tertiary/aromatic N) is 8. The molecule has 2 fully saturated rings. The predicted molar refractivity (Wildman–Crippen MR) is 211 cm³/mol. The van der Waals surface area contributed by atoms with Crippen LogP contribution in [0.25, 0.3) is 5.69 Å². The Labute approximate surface area is 329 Å². The van der Waals surface area contributed by atoms with Crippen molar-refractivity contribution in [2.24, 2.45) is 0 Å². The molecule has 8 rings (SSSR count). The second kappa shape index (κ2) is 16.7. The van der Waals surface area contributed by atoms with E-state index in [2.05, 4.69) is 61.5 Å². The molecule has 4 aromatic carbocycles. The van der Waals surface area contributed by atoms with Crippen LogP contribution in [0.5, 0.6) is 5.75 Å². The Hall–Kier alpha value is -5.90. The molecular formula is C42H45F2N9O4. The van der Waals surface area contributed by atoms with Crippen LogP contribution in [0.1, 0.15) is 37.1 Å². The highest BCUT2D eigenvalue weighted by Gasteiger charge is 2.46. The molecule has 2 aliphatic heterocycles. The van der Waals surface area contributed by atoms with E-state index >= 15 is 0 Å². The number of hydrogen-bond acceptors (Lipinski definition) is 10. The Balaban J connectivity index is 0.818. The molecule has 4 heterocycles. The van der Waals surface area contributed by atoms with Gasteiger partial charge < -0.3 is 29.3 Å². The van der Waals surface area contributed by atoms with Crippen LogP contribution in [0.2, 0.25) is 0 Å². The number of rotatable bonds is 14. The Kier molecular flexibility index (Phi) is 11.1. The Morgan fingerprint density at radius 1 is 0.860 bits per heavy atom. The van der Waals surface area contributed by atoms with E-state index in [0.29, 0.717) is 12.3 Å². The van der Waals surface area contributed by atoms with Crippen molar-refractivity contribution < 1.29 is 23.0 Å². The lowest BCUT2D eigenvalue weighted by Crippen LogP contribution is -2.46. The number of aromatic nitrogens is 6. The normalized spacial score (nSPS) is 19.5. The van der Waals surface area contributed by atoms with Gasteiger partial charge in [-0.15, -0.1) is 0 Å². The topological polar surface area (TPSA) is 117 Å². The van der Waals surface area contributed by atoms with Crippen molar-refractivity contribution in [1.82, 2.24) is 34.4 Å². The predicted octanol–water partition coefficient (Wildman–Crippen LogP) is 5.49. The Morgan fingerprint density at radius 2 is 1.54 bits per heavy atom. The van der Waals surface area contributed by atoms with Gasteiger partial charge in [0.1, 0.15) is 55.6 Å². The highest BCUT2D eigenvalue weighted by atomic mass is 19.1. The molecule has 2 saturated heterocycles. The summed E-state index contributed by atoms with van der Waals surface area (Å²) < 4.78 is 51.6. The van der Waals surface area contributed by atoms with Gasteiger partial charge in [0.2, 0.25) is 5.79 Å². The van der Waals surface area contributed by atoms with E-state index in [0.717, 1.165) is 49.3 Å². The van der Waals surface area contributed by atoms with Gasteiger partial charge in [-0.25, -0.2) is 32.5 Å². The monoisotopic (exact) mass is 777 g/mol. The van der Waals surface area contributed by atoms with Gasteiger partial charge >= 0.3 is 5.69 Å². The fourth-order valence-electron chi connectivity index (χ4n) is 7.36. The molecule has 0 amide bonds. The second-order valence-electron chi connectivity index (χ2n) is 14.4. The quantitative estimate of drug-likeness (QED) is 0.152. The SMILES string of the molecule is C[C@@H](NC[C@H](C)n1ncn(-c2ccc(N3CCN(c4ccc(OC[C@@H]5CO[C@@](Cn6cncn6)(c6ccc(F)cc6F)O5)cc4)CC3)cc2)c1=O)c1ccccc1. The molecule has 6 aromatic rings. The highest BCUT2D eigenvalue weighted by molar-refractivity contribution is 5.54. The van der Waals surface area contributed by atoms with Crippen LogP contribution < -0.4 is 25.5 Å².